The van der Waals surface area contributed by atoms with Crippen LogP contribution in [-0.4, -0.2) is 66.1 Å². The van der Waals surface area contributed by atoms with E-state index in [1.54, 1.807) is 0 Å². The molecular weight excluding hydrogens is 459 g/mol. The lowest BCUT2D eigenvalue weighted by Gasteiger charge is -2.34. The number of piperazine rings is 1. The molecule has 1 fully saturated rings. The number of phenolic OH excluding ortho intramolecular Hbond substituents is 1. The molecule has 1 aliphatic heterocycles. The largest absolute Gasteiger partial charge is 0.573 e. The molecule has 2 aromatic carbocycles. The van der Waals surface area contributed by atoms with Crippen LogP contribution >= 0.6 is 0 Å². The first-order chi connectivity index (χ1) is 14.9. The molecule has 0 saturated carbocycles. The maximum atomic E-state index is 12.7. The Balaban J connectivity index is 1.66. The van der Waals surface area contributed by atoms with E-state index >= 15 is 0 Å². The van der Waals surface area contributed by atoms with Crippen molar-refractivity contribution < 1.29 is 41.2 Å². The van der Waals surface area contributed by atoms with Gasteiger partial charge in [0.25, 0.3) is 5.91 Å². The van der Waals surface area contributed by atoms with E-state index in [4.69, 9.17) is 0 Å². The molecule has 0 aromatic heterocycles. The number of alkyl halides is 3. The summed E-state index contributed by atoms with van der Waals surface area (Å²) in [6, 6.07) is 6.92. The molecule has 0 atom stereocenters. The van der Waals surface area contributed by atoms with Crippen LogP contribution in [0.1, 0.15) is 10.4 Å². The minimum Gasteiger partial charge on any atom is -0.502 e. The highest BCUT2D eigenvalue weighted by atomic mass is 32.2. The van der Waals surface area contributed by atoms with Gasteiger partial charge in [-0.2, -0.15) is 4.31 Å². The van der Waals surface area contributed by atoms with Crippen LogP contribution in [0.25, 0.3) is 0 Å². The normalized spacial score (nSPS) is 15.4. The molecule has 3 rings (SSSR count). The van der Waals surface area contributed by atoms with Crippen molar-refractivity contribution in [2.75, 3.05) is 26.2 Å². The molecule has 0 radical (unpaired) electrons. The van der Waals surface area contributed by atoms with E-state index in [0.29, 0.717) is 0 Å². The van der Waals surface area contributed by atoms with Gasteiger partial charge in [0.15, 0.2) is 5.75 Å². The van der Waals surface area contributed by atoms with E-state index in [0.717, 1.165) is 40.7 Å². The van der Waals surface area contributed by atoms with Gasteiger partial charge in [0.1, 0.15) is 5.75 Å². The van der Waals surface area contributed by atoms with Crippen molar-refractivity contribution in [2.45, 2.75) is 11.3 Å². The SMILES string of the molecule is O=C(c1ccc([N+](=O)[O-])c(O)c1)N1CCN(S(=O)(=O)c2ccc(OC(F)(F)F)cc2)CC1. The number of aromatic hydroxyl groups is 1. The fourth-order valence-corrected chi connectivity index (χ4v) is 4.51. The molecule has 1 amide bonds. The summed E-state index contributed by atoms with van der Waals surface area (Å²) in [7, 11) is -4.01. The average molecular weight is 475 g/mol. The van der Waals surface area contributed by atoms with E-state index in [2.05, 4.69) is 4.74 Å². The summed E-state index contributed by atoms with van der Waals surface area (Å²) in [5.74, 6) is -1.76. The van der Waals surface area contributed by atoms with Crippen molar-refractivity contribution in [1.82, 2.24) is 9.21 Å². The fraction of sp³-hybridized carbons (Fsp3) is 0.278. The highest BCUT2D eigenvalue weighted by Crippen LogP contribution is 2.28. The number of phenols is 1. The van der Waals surface area contributed by atoms with Crippen LogP contribution in [0, 0.1) is 10.1 Å². The van der Waals surface area contributed by atoms with Crippen molar-refractivity contribution in [1.29, 1.82) is 0 Å². The number of hydrogen-bond donors (Lipinski definition) is 1. The maximum absolute atomic E-state index is 12.7. The molecule has 0 aliphatic carbocycles. The lowest BCUT2D eigenvalue weighted by molar-refractivity contribution is -0.385. The second-order valence-electron chi connectivity index (χ2n) is 6.68. The number of nitrogens with zero attached hydrogens (tertiary/aromatic N) is 3. The molecule has 172 valence electrons. The first-order valence-corrected chi connectivity index (χ1v) is 10.4. The van der Waals surface area contributed by atoms with E-state index in [-0.39, 0.29) is 36.6 Å². The summed E-state index contributed by atoms with van der Waals surface area (Å²) >= 11 is 0. The van der Waals surface area contributed by atoms with E-state index in [1.807, 2.05) is 0 Å². The van der Waals surface area contributed by atoms with Crippen molar-refractivity contribution in [3.05, 3.63) is 58.1 Å². The zero-order chi connectivity index (χ0) is 23.7. The molecule has 1 saturated heterocycles. The van der Waals surface area contributed by atoms with Crippen molar-refractivity contribution in [3.63, 3.8) is 0 Å². The number of nitro benzene ring substituents is 1. The maximum Gasteiger partial charge on any atom is 0.573 e. The van der Waals surface area contributed by atoms with Gasteiger partial charge in [0.05, 0.1) is 9.82 Å². The van der Waals surface area contributed by atoms with E-state index < -0.39 is 44.4 Å². The molecule has 1 N–H and O–H groups in total. The van der Waals surface area contributed by atoms with Crippen molar-refractivity contribution in [2.24, 2.45) is 0 Å². The number of rotatable bonds is 5. The summed E-state index contributed by atoms with van der Waals surface area (Å²) in [6.07, 6.45) is -4.90. The molecule has 0 bridgehead atoms. The van der Waals surface area contributed by atoms with Gasteiger partial charge >= 0.3 is 12.0 Å². The quantitative estimate of drug-likeness (QED) is 0.519. The van der Waals surface area contributed by atoms with Crippen LogP contribution in [-0.2, 0) is 10.0 Å². The number of amides is 1. The number of ether oxygens (including phenoxy) is 1. The topological polar surface area (TPSA) is 130 Å². The standard InChI is InChI=1S/C18H16F3N3O7S/c19-18(20,21)31-13-2-4-14(5-3-13)32(29,30)23-9-7-22(8-10-23)17(26)12-1-6-15(24(27)28)16(25)11-12/h1-6,11,25H,7-10H2. The van der Waals surface area contributed by atoms with Gasteiger partial charge < -0.3 is 14.7 Å². The van der Waals surface area contributed by atoms with Gasteiger partial charge in [0.2, 0.25) is 10.0 Å². The Labute approximate surface area is 179 Å². The van der Waals surface area contributed by atoms with Crippen molar-refractivity contribution >= 4 is 21.6 Å². The van der Waals surface area contributed by atoms with Gasteiger partial charge in [-0.15, -0.1) is 13.2 Å². The van der Waals surface area contributed by atoms with Crippen LogP contribution in [0.3, 0.4) is 0 Å². The predicted molar refractivity (Wildman–Crippen MR) is 103 cm³/mol. The molecule has 32 heavy (non-hydrogen) atoms. The number of sulfonamides is 1. The second-order valence-corrected chi connectivity index (χ2v) is 8.61. The van der Waals surface area contributed by atoms with Crippen LogP contribution in [0.15, 0.2) is 47.4 Å². The minimum atomic E-state index is -4.90. The Bertz CT molecular complexity index is 1130. The molecule has 14 heteroatoms. The number of nitro groups is 1. The molecular formula is C18H16F3N3O7S. The minimum absolute atomic E-state index is 0.00432. The van der Waals surface area contributed by atoms with Crippen LogP contribution in [0.4, 0.5) is 18.9 Å². The molecule has 10 nitrogen and oxygen atoms in total. The lowest BCUT2D eigenvalue weighted by Crippen LogP contribution is -2.50. The molecule has 0 unspecified atom stereocenters. The van der Waals surface area contributed by atoms with Crippen molar-refractivity contribution in [3.8, 4) is 11.5 Å². The highest BCUT2D eigenvalue weighted by Gasteiger charge is 2.33. The zero-order valence-electron chi connectivity index (χ0n) is 16.2. The van der Waals surface area contributed by atoms with Gasteiger partial charge in [-0.05, 0) is 36.4 Å². The average Bonchev–Trinajstić information content (AvgIpc) is 2.72. The van der Waals surface area contributed by atoms with E-state index in [1.165, 1.54) is 11.0 Å². The summed E-state index contributed by atoms with van der Waals surface area (Å²) in [5, 5.41) is 20.5. The summed E-state index contributed by atoms with van der Waals surface area (Å²) in [4.78, 5) is 23.6. The molecule has 0 spiro atoms. The smallest absolute Gasteiger partial charge is 0.502 e. The van der Waals surface area contributed by atoms with Crippen LogP contribution in [0.5, 0.6) is 11.5 Å². The Morgan fingerprint density at radius 2 is 1.66 bits per heavy atom. The van der Waals surface area contributed by atoms with Gasteiger partial charge in [-0.25, -0.2) is 8.42 Å². The first kappa shape index (κ1) is 23.3. The zero-order valence-corrected chi connectivity index (χ0v) is 17.0. The van der Waals surface area contributed by atoms with Crippen LogP contribution < -0.4 is 4.74 Å². The Kier molecular flexibility index (Phi) is 6.27. The molecule has 2 aromatic rings. The van der Waals surface area contributed by atoms with Crippen LogP contribution in [0.2, 0.25) is 0 Å². The highest BCUT2D eigenvalue weighted by molar-refractivity contribution is 7.89. The fourth-order valence-electron chi connectivity index (χ4n) is 3.09. The van der Waals surface area contributed by atoms with Gasteiger partial charge in [-0.3, -0.25) is 14.9 Å². The van der Waals surface area contributed by atoms with Gasteiger partial charge in [-0.1, -0.05) is 0 Å². The summed E-state index contributed by atoms with van der Waals surface area (Å²) in [6.45, 7) is -0.141. The van der Waals surface area contributed by atoms with E-state index in [9.17, 15) is 41.6 Å². The molecule has 1 aliphatic rings. The number of hydrogen-bond acceptors (Lipinski definition) is 7. The summed E-state index contributed by atoms with van der Waals surface area (Å²) < 4.78 is 67.0. The number of carbonyl (C=O) groups is 1. The Morgan fingerprint density at radius 1 is 1.06 bits per heavy atom. The third-order valence-corrected chi connectivity index (χ3v) is 6.55. The third kappa shape index (κ3) is 5.08. The second kappa shape index (κ2) is 8.63. The summed E-state index contributed by atoms with van der Waals surface area (Å²) in [5.41, 5.74) is -0.547. The van der Waals surface area contributed by atoms with Gasteiger partial charge in [0, 0.05) is 37.8 Å². The molecule has 1 heterocycles. The number of carbonyl (C=O) groups excluding carboxylic acids is 1. The third-order valence-electron chi connectivity index (χ3n) is 4.64. The Hall–Kier alpha value is -3.39. The first-order valence-electron chi connectivity index (χ1n) is 9.01. The Morgan fingerprint density at radius 3 is 2.16 bits per heavy atom. The lowest BCUT2D eigenvalue weighted by atomic mass is 10.1. The number of halogens is 3. The number of benzene rings is 2. The monoisotopic (exact) mass is 475 g/mol. The predicted octanol–water partition coefficient (Wildman–Crippen LogP) is 2.35.